The molecule has 26 heteroatoms. The average Bonchev–Trinajstić information content (AvgIpc) is 1.69. The number of aliphatic hydroxyl groups is 3. The number of ether oxygens (including phenoxy) is 11. The van der Waals surface area contributed by atoms with Gasteiger partial charge in [0.25, 0.3) is 0 Å². The zero-order valence-electron chi connectivity index (χ0n) is 63.5. The van der Waals surface area contributed by atoms with Crippen LogP contribution in [-0.2, 0) is 72.0 Å². The standard InChI is InChI=1S/C86H89N3O20S3/c1-10-106-55-37-62(86(97)98)80-74(39-55)112-76(89-80)40-69(107-53-14-11-12-15-53)82(91)51-32-65(102-6)59(66(33-51)103-7)24-44-19-21-47-27-57(29-49(47)23-44)109-71(42-77-88-79-61(85(95)96)36-54(99-3)38-73(79)111-77)83(92)52-34-67(104-8)60(68(35-52)105-9)25-45-18-20-46-26-56(28-48(46)22-45)108-70(81(90)50-30-63(100-4)43(2)64(31-50)101-5)41-75-87-78-58(84(93)94)16-13-17-72(78)110-75/h13,16-23,30-39,53,56-57,69-71,81-83,90-92H,10-12,14-15,24-29,40-42H2,1-9H3,(H,93,94)(H,95,96)(H,97,98). The molecule has 1 fully saturated rings. The van der Waals surface area contributed by atoms with Gasteiger partial charge in [-0.2, -0.15) is 0 Å². The topological polar surface area (TPSA) is 313 Å². The number of thiazole rings is 3. The SMILES string of the molecule is CCOc1cc(C(=O)O)c2nc(CC(OC3CCCC3)C(O)c3cc(OC)c(Cc4ccc5c(c4)CC(OC(Cc4nc6c(C(=O)O)cc(OC)cc6s4)C(O)c4cc(OC)c(Cc6ccc7c(c6)CC(OC(Cc6nc8c(C(=O)O)cccc8s6)C(O)c6cc(OC)c(C)c(OC)c6)C7)c(OC)c4)C5)c(OC)c3)sc2c1. The van der Waals surface area contributed by atoms with Gasteiger partial charge in [-0.1, -0.05) is 55.3 Å². The molecule has 3 aromatic heterocycles. The van der Waals surface area contributed by atoms with Crippen LogP contribution in [0.15, 0.2) is 115 Å². The van der Waals surface area contributed by atoms with Crippen LogP contribution in [0.25, 0.3) is 30.6 Å². The lowest BCUT2D eigenvalue weighted by Crippen LogP contribution is -2.30. The monoisotopic (exact) mass is 1580 g/mol. The Balaban J connectivity index is 0.703. The van der Waals surface area contributed by atoms with Gasteiger partial charge in [0.2, 0.25) is 0 Å². The first-order chi connectivity index (χ1) is 54.1. The number of carboxylic acids is 3. The number of aliphatic hydroxyl groups excluding tert-OH is 3. The second kappa shape index (κ2) is 34.1. The van der Waals surface area contributed by atoms with E-state index in [1.807, 2.05) is 32.0 Å². The van der Waals surface area contributed by atoms with Crippen molar-refractivity contribution in [2.24, 2.45) is 0 Å². The number of fused-ring (bicyclic) bond motifs is 5. The van der Waals surface area contributed by atoms with E-state index in [0.717, 1.165) is 75.8 Å². The molecule has 0 spiro atoms. The van der Waals surface area contributed by atoms with Crippen molar-refractivity contribution in [2.45, 2.75) is 152 Å². The molecule has 3 heterocycles. The van der Waals surface area contributed by atoms with E-state index in [1.54, 1.807) is 85.1 Å². The van der Waals surface area contributed by atoms with Crippen LogP contribution in [0, 0.1) is 6.92 Å². The minimum absolute atomic E-state index is 0.0170. The number of methoxy groups -OCH3 is 7. The molecule has 0 saturated heterocycles. The number of hydrogen-bond donors (Lipinski definition) is 6. The maximum Gasteiger partial charge on any atom is 0.338 e. The number of carbonyl (C=O) groups is 3. The van der Waals surface area contributed by atoms with Crippen molar-refractivity contribution < 1.29 is 97.1 Å². The van der Waals surface area contributed by atoms with Crippen molar-refractivity contribution >= 4 is 82.6 Å². The van der Waals surface area contributed by atoms with E-state index >= 15 is 0 Å². The van der Waals surface area contributed by atoms with Crippen LogP contribution in [0.1, 0.15) is 164 Å². The molecule has 586 valence electrons. The smallest absolute Gasteiger partial charge is 0.338 e. The quantitative estimate of drug-likeness (QED) is 0.0218. The molecule has 6 N–H and O–H groups in total. The molecule has 14 rings (SSSR count). The van der Waals surface area contributed by atoms with Gasteiger partial charge in [-0.05, 0) is 175 Å². The van der Waals surface area contributed by atoms with Crippen LogP contribution in [0.5, 0.6) is 46.0 Å². The van der Waals surface area contributed by atoms with Crippen LogP contribution in [0.3, 0.4) is 0 Å². The van der Waals surface area contributed by atoms with Gasteiger partial charge in [0.05, 0.1) is 155 Å². The number of hydrogen-bond acceptors (Lipinski definition) is 23. The maximum absolute atomic E-state index is 12.9. The Hall–Kier alpha value is -10.0. The molecule has 3 aliphatic carbocycles. The van der Waals surface area contributed by atoms with E-state index in [0.29, 0.717) is 153 Å². The Morgan fingerprint density at radius 3 is 1.21 bits per heavy atom. The molecule has 112 heavy (non-hydrogen) atoms. The fourth-order valence-electron chi connectivity index (χ4n) is 15.9. The lowest BCUT2D eigenvalue weighted by Gasteiger charge is -2.27. The fraction of sp³-hybridized carbons (Fsp3) is 0.372. The first kappa shape index (κ1) is 78.7. The lowest BCUT2D eigenvalue weighted by molar-refractivity contribution is -0.0753. The highest BCUT2D eigenvalue weighted by Gasteiger charge is 2.37. The highest BCUT2D eigenvalue weighted by atomic mass is 32.1. The van der Waals surface area contributed by atoms with Crippen LogP contribution >= 0.6 is 34.0 Å². The van der Waals surface area contributed by atoms with Gasteiger partial charge in [-0.25, -0.2) is 29.3 Å². The molecule has 0 bridgehead atoms. The number of rotatable bonds is 34. The summed E-state index contributed by atoms with van der Waals surface area (Å²) in [6.45, 7) is 4.08. The Morgan fingerprint density at radius 2 is 0.804 bits per heavy atom. The normalized spacial score (nSPS) is 16.4. The van der Waals surface area contributed by atoms with Crippen LogP contribution in [-0.4, -0.2) is 156 Å². The van der Waals surface area contributed by atoms with Crippen molar-refractivity contribution in [3.8, 4) is 46.0 Å². The third-order valence-corrected chi connectivity index (χ3v) is 24.6. The van der Waals surface area contributed by atoms with E-state index < -0.39 is 60.6 Å². The molecule has 8 aromatic carbocycles. The molecule has 1 saturated carbocycles. The van der Waals surface area contributed by atoms with Gasteiger partial charge in [-0.15, -0.1) is 34.0 Å². The Morgan fingerprint density at radius 1 is 0.429 bits per heavy atom. The summed E-state index contributed by atoms with van der Waals surface area (Å²) in [6.07, 6.45) is 0.187. The number of para-hydroxylation sites is 1. The molecule has 0 radical (unpaired) electrons. The Labute approximate surface area is 659 Å². The van der Waals surface area contributed by atoms with Crippen LogP contribution < -0.4 is 37.9 Å². The van der Waals surface area contributed by atoms with Gasteiger partial charge in [-0.3, -0.25) is 0 Å². The van der Waals surface area contributed by atoms with Gasteiger partial charge in [0.1, 0.15) is 64.3 Å². The van der Waals surface area contributed by atoms with Gasteiger partial charge in [0.15, 0.2) is 0 Å². The minimum atomic E-state index is -1.29. The summed E-state index contributed by atoms with van der Waals surface area (Å²) in [5.74, 6) is 0.463. The molecule has 3 aliphatic rings. The fourth-order valence-corrected chi connectivity index (χ4v) is 19.1. The highest BCUT2D eigenvalue weighted by molar-refractivity contribution is 7.19. The van der Waals surface area contributed by atoms with Crippen molar-refractivity contribution in [3.05, 3.63) is 214 Å². The largest absolute Gasteiger partial charge is 0.497 e. The summed E-state index contributed by atoms with van der Waals surface area (Å²) < 4.78 is 70.0. The molecule has 11 aromatic rings. The summed E-state index contributed by atoms with van der Waals surface area (Å²) in [4.78, 5) is 51.8. The van der Waals surface area contributed by atoms with E-state index in [-0.39, 0.29) is 48.2 Å². The summed E-state index contributed by atoms with van der Waals surface area (Å²) in [6, 6.07) is 34.9. The molecule has 23 nitrogen and oxygen atoms in total. The molecule has 0 aliphatic heterocycles. The molecule has 8 unspecified atom stereocenters. The summed E-state index contributed by atoms with van der Waals surface area (Å²) >= 11 is 4.00. The summed E-state index contributed by atoms with van der Waals surface area (Å²) in [5.41, 5.74) is 11.1. The van der Waals surface area contributed by atoms with Crippen molar-refractivity contribution in [2.75, 3.05) is 56.4 Å². The molecule has 0 amide bonds. The number of carboxylic acid groups (broad SMARTS) is 3. The van der Waals surface area contributed by atoms with Gasteiger partial charge >= 0.3 is 17.9 Å². The highest BCUT2D eigenvalue weighted by Crippen LogP contribution is 2.45. The summed E-state index contributed by atoms with van der Waals surface area (Å²) in [5, 5.41) is 69.9. The van der Waals surface area contributed by atoms with Gasteiger partial charge in [0, 0.05) is 48.8 Å². The first-order valence-corrected chi connectivity index (χ1v) is 39.6. The first-order valence-electron chi connectivity index (χ1n) is 37.2. The third-order valence-electron chi connectivity index (χ3n) is 21.5. The number of nitrogens with zero attached hydrogens (tertiary/aromatic N) is 3. The maximum atomic E-state index is 12.9. The molecular weight excluding hydrogens is 1490 g/mol. The van der Waals surface area contributed by atoms with Crippen molar-refractivity contribution in [1.29, 1.82) is 0 Å². The zero-order valence-corrected chi connectivity index (χ0v) is 66.0. The Kier molecular flexibility index (Phi) is 24.0. The second-order valence-electron chi connectivity index (χ2n) is 28.5. The van der Waals surface area contributed by atoms with Crippen LogP contribution in [0.4, 0.5) is 0 Å². The number of aromatic nitrogens is 3. The molecular formula is C86H89N3O20S3. The predicted octanol–water partition coefficient (Wildman–Crippen LogP) is 14.8. The predicted molar refractivity (Wildman–Crippen MR) is 425 cm³/mol. The van der Waals surface area contributed by atoms with Crippen LogP contribution in [0.2, 0.25) is 0 Å². The minimum Gasteiger partial charge on any atom is -0.497 e. The summed E-state index contributed by atoms with van der Waals surface area (Å²) in [7, 11) is 10.9. The van der Waals surface area contributed by atoms with E-state index in [9.17, 15) is 45.0 Å². The lowest BCUT2D eigenvalue weighted by atomic mass is 9.95. The van der Waals surface area contributed by atoms with E-state index in [2.05, 4.69) is 36.4 Å². The van der Waals surface area contributed by atoms with Gasteiger partial charge < -0.3 is 82.7 Å². The Bertz CT molecular complexity index is 5260. The van der Waals surface area contributed by atoms with Crippen molar-refractivity contribution in [3.63, 3.8) is 0 Å². The second-order valence-corrected chi connectivity index (χ2v) is 31.9. The number of aromatic carboxylic acids is 3. The van der Waals surface area contributed by atoms with E-state index in [4.69, 9.17) is 67.1 Å². The van der Waals surface area contributed by atoms with Crippen molar-refractivity contribution in [1.82, 2.24) is 15.0 Å². The zero-order chi connectivity index (χ0) is 78.8. The third kappa shape index (κ3) is 16.7. The molecule has 8 atom stereocenters. The number of benzene rings is 8. The average molecular weight is 1580 g/mol. The van der Waals surface area contributed by atoms with E-state index in [1.165, 1.54) is 59.3 Å².